The maximum Gasteiger partial charge on any atom is 0.636 e. The molecule has 2 nitrogen and oxygen atoms in total. The molecule has 252 valence electrons. The van der Waals surface area contributed by atoms with Crippen LogP contribution in [0.2, 0.25) is 0 Å². The van der Waals surface area contributed by atoms with E-state index in [9.17, 15) is 26.3 Å². The van der Waals surface area contributed by atoms with E-state index in [1.807, 2.05) is 0 Å². The van der Waals surface area contributed by atoms with Gasteiger partial charge in [0.15, 0.2) is 34.9 Å². The van der Waals surface area contributed by atoms with E-state index >= 15 is 30.7 Å². The van der Waals surface area contributed by atoms with Crippen LogP contribution >= 0.6 is 0 Å². The van der Waals surface area contributed by atoms with Gasteiger partial charge < -0.3 is 9.31 Å². The minimum atomic E-state index is -2.98. The first-order valence-corrected chi connectivity index (χ1v) is 13.9. The molecule has 7 aromatic rings. The summed E-state index contributed by atoms with van der Waals surface area (Å²) in [5.41, 5.74) is -1.43. The standard InChI is InChI=1S/C34H10BF13O2/c36-13-9-16(24(40)19(39)10-13)35(49-33-14-7-11-3-1-5-17(37)20(11)25(41)22(14)27(43)29(45)31(33)47)50-34-15-8-12-4-2-6-18(38)21(12)26(42)23(15)28(44)30(46)32(34)48/h1-10H. The number of fused-ring (bicyclic) bond motifs is 4. The van der Waals surface area contributed by atoms with Crippen LogP contribution in [0.5, 0.6) is 11.5 Å². The first kappa shape index (κ1) is 32.9. The van der Waals surface area contributed by atoms with Gasteiger partial charge in [0.2, 0.25) is 11.6 Å². The van der Waals surface area contributed by atoms with E-state index in [-0.39, 0.29) is 12.1 Å². The predicted octanol–water partition coefficient (Wildman–Crippen LogP) is 9.96. The summed E-state index contributed by atoms with van der Waals surface area (Å²) < 4.78 is 206. The van der Waals surface area contributed by atoms with Crippen molar-refractivity contribution >= 4 is 55.7 Å². The normalized spacial score (nSPS) is 11.7. The highest BCUT2D eigenvalue weighted by molar-refractivity contribution is 6.63. The number of hydrogen-bond acceptors (Lipinski definition) is 2. The van der Waals surface area contributed by atoms with Crippen molar-refractivity contribution in [1.82, 2.24) is 0 Å². The van der Waals surface area contributed by atoms with Gasteiger partial charge in [-0.3, -0.25) is 0 Å². The molecule has 0 aliphatic rings. The summed E-state index contributed by atoms with van der Waals surface area (Å²) >= 11 is 0. The van der Waals surface area contributed by atoms with Crippen molar-refractivity contribution in [1.29, 1.82) is 0 Å². The average molecular weight is 708 g/mol. The van der Waals surface area contributed by atoms with Crippen molar-refractivity contribution in [2.24, 2.45) is 0 Å². The lowest BCUT2D eigenvalue weighted by Crippen LogP contribution is -2.45. The fraction of sp³-hybridized carbons (Fsp3) is 0. The van der Waals surface area contributed by atoms with Crippen LogP contribution in [-0.2, 0) is 0 Å². The minimum absolute atomic E-state index is 0.00307. The maximum atomic E-state index is 15.6. The molecule has 0 bridgehead atoms. The monoisotopic (exact) mass is 708 g/mol. The Morgan fingerprint density at radius 1 is 0.380 bits per heavy atom. The van der Waals surface area contributed by atoms with Crippen LogP contribution < -0.4 is 14.8 Å². The Kier molecular flexibility index (Phi) is 7.72. The molecule has 0 saturated carbocycles. The van der Waals surface area contributed by atoms with E-state index < -0.39 is 143 Å². The Balaban J connectivity index is 1.53. The van der Waals surface area contributed by atoms with Gasteiger partial charge in [-0.15, -0.1) is 0 Å². The maximum absolute atomic E-state index is 15.6. The summed E-state index contributed by atoms with van der Waals surface area (Å²) in [6.07, 6.45) is 0. The number of hydrogen-bond donors (Lipinski definition) is 0. The van der Waals surface area contributed by atoms with E-state index in [0.29, 0.717) is 12.1 Å². The van der Waals surface area contributed by atoms with Crippen molar-refractivity contribution in [2.45, 2.75) is 0 Å². The van der Waals surface area contributed by atoms with Crippen molar-refractivity contribution in [3.8, 4) is 11.5 Å². The first-order chi connectivity index (χ1) is 23.7. The molecule has 0 heterocycles. The molecule has 0 aliphatic heterocycles. The van der Waals surface area contributed by atoms with Gasteiger partial charge >= 0.3 is 7.12 Å². The lowest BCUT2D eigenvalue weighted by atomic mass is 9.77. The molecule has 0 N–H and O–H groups in total. The fourth-order valence-electron chi connectivity index (χ4n) is 5.71. The summed E-state index contributed by atoms with van der Waals surface area (Å²) in [6.45, 7) is 0. The zero-order valence-corrected chi connectivity index (χ0v) is 24.1. The molecule has 0 aromatic heterocycles. The quantitative estimate of drug-likeness (QED) is 0.0583. The molecule has 16 heteroatoms. The van der Waals surface area contributed by atoms with Crippen molar-refractivity contribution in [2.75, 3.05) is 0 Å². The summed E-state index contributed by atoms with van der Waals surface area (Å²) in [4.78, 5) is 0. The lowest BCUT2D eigenvalue weighted by Gasteiger charge is -2.22. The van der Waals surface area contributed by atoms with Crippen molar-refractivity contribution in [3.05, 3.63) is 136 Å². The number of rotatable bonds is 5. The molecule has 0 spiro atoms. The molecule has 0 aliphatic carbocycles. The van der Waals surface area contributed by atoms with Gasteiger partial charge in [0.25, 0.3) is 0 Å². The largest absolute Gasteiger partial charge is 0.636 e. The smallest absolute Gasteiger partial charge is 0.519 e. The third kappa shape index (κ3) is 4.83. The fourth-order valence-corrected chi connectivity index (χ4v) is 5.71. The summed E-state index contributed by atoms with van der Waals surface area (Å²) in [7, 11) is -2.98. The molecule has 0 unspecified atom stereocenters. The van der Waals surface area contributed by atoms with E-state index in [0.717, 1.165) is 36.4 Å². The molecular formula is C34H10BF13O2. The van der Waals surface area contributed by atoms with Crippen LogP contribution in [0, 0.1) is 75.6 Å². The Bertz CT molecular complexity index is 2460. The Labute approximate surface area is 270 Å². The van der Waals surface area contributed by atoms with Crippen LogP contribution in [0.3, 0.4) is 0 Å². The highest BCUT2D eigenvalue weighted by atomic mass is 19.2. The van der Waals surface area contributed by atoms with Crippen molar-refractivity contribution in [3.63, 3.8) is 0 Å². The second-order valence-electron chi connectivity index (χ2n) is 10.8. The minimum Gasteiger partial charge on any atom is -0.519 e. The molecule has 0 saturated heterocycles. The molecule has 50 heavy (non-hydrogen) atoms. The Morgan fingerprint density at radius 3 is 1.26 bits per heavy atom. The van der Waals surface area contributed by atoms with Crippen LogP contribution in [0.25, 0.3) is 43.1 Å². The van der Waals surface area contributed by atoms with Gasteiger partial charge in [0.1, 0.15) is 40.6 Å². The Hall–Kier alpha value is -5.67. The number of benzene rings is 7. The van der Waals surface area contributed by atoms with Crippen molar-refractivity contribution < 1.29 is 66.4 Å². The SMILES string of the molecule is Fc1cc(F)c(F)c(B(Oc2c(F)c(F)c(F)c3c(F)c4c(F)cccc4cc23)Oc2c(F)c(F)c(F)c3c(F)c4c(F)cccc4cc23)c1. The lowest BCUT2D eigenvalue weighted by molar-refractivity contribution is 0.376. The predicted molar refractivity (Wildman–Crippen MR) is 155 cm³/mol. The first-order valence-electron chi connectivity index (χ1n) is 13.9. The zero-order chi connectivity index (χ0) is 35.9. The summed E-state index contributed by atoms with van der Waals surface area (Å²) in [5, 5.41) is -7.49. The molecule has 0 amide bonds. The topological polar surface area (TPSA) is 18.5 Å². The van der Waals surface area contributed by atoms with Crippen LogP contribution in [0.15, 0.2) is 60.7 Å². The molecule has 7 rings (SSSR count). The van der Waals surface area contributed by atoms with E-state index in [2.05, 4.69) is 0 Å². The van der Waals surface area contributed by atoms with Crippen LogP contribution in [-0.4, -0.2) is 7.12 Å². The van der Waals surface area contributed by atoms with Crippen LogP contribution in [0.4, 0.5) is 57.1 Å². The van der Waals surface area contributed by atoms with Gasteiger partial charge in [-0.05, 0) is 41.1 Å². The highest BCUT2D eigenvalue weighted by Crippen LogP contribution is 2.42. The third-order valence-corrected chi connectivity index (χ3v) is 7.93. The van der Waals surface area contributed by atoms with E-state index in [1.54, 1.807) is 0 Å². The highest BCUT2D eigenvalue weighted by Gasteiger charge is 2.38. The zero-order valence-electron chi connectivity index (χ0n) is 24.1. The van der Waals surface area contributed by atoms with E-state index in [1.165, 1.54) is 0 Å². The molecular weight excluding hydrogens is 698 g/mol. The second kappa shape index (κ2) is 11.7. The molecule has 0 fully saturated rings. The van der Waals surface area contributed by atoms with Gasteiger partial charge in [-0.2, -0.15) is 8.78 Å². The van der Waals surface area contributed by atoms with Gasteiger partial charge in [-0.1, -0.05) is 24.3 Å². The third-order valence-electron chi connectivity index (χ3n) is 7.93. The second-order valence-corrected chi connectivity index (χ2v) is 10.8. The summed E-state index contributed by atoms with van der Waals surface area (Å²) in [5.74, 6) is -28.7. The number of halogens is 13. The van der Waals surface area contributed by atoms with E-state index in [4.69, 9.17) is 9.31 Å². The van der Waals surface area contributed by atoms with Crippen LogP contribution in [0.1, 0.15) is 0 Å². The van der Waals surface area contributed by atoms with Gasteiger partial charge in [0, 0.05) is 16.8 Å². The van der Waals surface area contributed by atoms with Gasteiger partial charge in [-0.25, -0.2) is 48.3 Å². The Morgan fingerprint density at radius 2 is 0.820 bits per heavy atom. The van der Waals surface area contributed by atoms with Gasteiger partial charge in [0.05, 0.1) is 27.0 Å². The molecule has 7 aromatic carbocycles. The summed E-state index contributed by atoms with van der Waals surface area (Å²) in [6, 6.07) is 7.29. The average Bonchev–Trinajstić information content (AvgIpc) is 3.07. The molecule has 0 radical (unpaired) electrons. The molecule has 0 atom stereocenters.